The molecule has 0 saturated carbocycles. The molecular weight excluding hydrogens is 319 g/mol. The molecule has 1 unspecified atom stereocenters. The fraction of sp³-hybridized carbons (Fsp3) is 0.421. The molecule has 0 radical (unpaired) electrons. The zero-order chi connectivity index (χ0) is 17.4. The number of fused-ring (bicyclic) bond motifs is 1. The molecule has 1 fully saturated rings. The summed E-state index contributed by atoms with van der Waals surface area (Å²) in [6, 6.07) is 6.93. The summed E-state index contributed by atoms with van der Waals surface area (Å²) < 4.78 is 19.0. The topological polar surface area (TPSA) is 40.1 Å². The Hall–Kier alpha value is -2.34. The van der Waals surface area contributed by atoms with Gasteiger partial charge in [-0.25, -0.2) is 9.38 Å². The Morgan fingerprint density at radius 3 is 2.84 bits per heavy atom. The van der Waals surface area contributed by atoms with Crippen LogP contribution in [-0.4, -0.2) is 48.5 Å². The summed E-state index contributed by atoms with van der Waals surface area (Å²) in [5.41, 5.74) is 2.88. The van der Waals surface area contributed by atoms with Crippen LogP contribution in [0.25, 0.3) is 0 Å². The van der Waals surface area contributed by atoms with Gasteiger partial charge in [0.2, 0.25) is 5.96 Å². The second-order valence-electron chi connectivity index (χ2n) is 6.70. The molecule has 3 aliphatic rings. The van der Waals surface area contributed by atoms with Crippen molar-refractivity contribution < 1.29 is 9.13 Å². The first-order chi connectivity index (χ1) is 12.1. The van der Waals surface area contributed by atoms with E-state index in [-0.39, 0.29) is 5.70 Å². The van der Waals surface area contributed by atoms with Crippen molar-refractivity contribution >= 4 is 5.96 Å². The van der Waals surface area contributed by atoms with E-state index in [0.29, 0.717) is 12.0 Å². The Kier molecular flexibility index (Phi) is 4.21. The van der Waals surface area contributed by atoms with Gasteiger partial charge in [-0.2, -0.15) is 0 Å². The zero-order valence-electron chi connectivity index (χ0n) is 14.5. The summed E-state index contributed by atoms with van der Waals surface area (Å²) in [4.78, 5) is 8.75. The number of rotatable bonds is 2. The highest BCUT2D eigenvalue weighted by atomic mass is 19.1. The second-order valence-corrected chi connectivity index (χ2v) is 6.70. The van der Waals surface area contributed by atoms with Gasteiger partial charge in [0, 0.05) is 38.6 Å². The second kappa shape index (κ2) is 6.52. The first-order valence-corrected chi connectivity index (χ1v) is 8.76. The van der Waals surface area contributed by atoms with E-state index in [1.165, 1.54) is 17.3 Å². The molecule has 25 heavy (non-hydrogen) atoms. The lowest BCUT2D eigenvalue weighted by molar-refractivity contribution is 0.138. The minimum Gasteiger partial charge on any atom is -0.493 e. The van der Waals surface area contributed by atoms with Crippen LogP contribution in [0.2, 0.25) is 0 Å². The van der Waals surface area contributed by atoms with E-state index in [9.17, 15) is 4.39 Å². The summed E-state index contributed by atoms with van der Waals surface area (Å²) >= 11 is 0. The van der Waals surface area contributed by atoms with Crippen LogP contribution in [0.15, 0.2) is 47.5 Å². The van der Waals surface area contributed by atoms with Crippen molar-refractivity contribution in [2.45, 2.75) is 19.4 Å². The normalized spacial score (nSPS) is 21.8. The van der Waals surface area contributed by atoms with Gasteiger partial charge in [-0.05, 0) is 24.1 Å². The van der Waals surface area contributed by atoms with Gasteiger partial charge in [0.1, 0.15) is 5.75 Å². The van der Waals surface area contributed by atoms with E-state index in [4.69, 9.17) is 4.74 Å². The van der Waals surface area contributed by atoms with E-state index in [1.807, 2.05) is 0 Å². The molecule has 3 heterocycles. The Balaban J connectivity index is 1.39. The highest BCUT2D eigenvalue weighted by molar-refractivity contribution is 5.84. The van der Waals surface area contributed by atoms with Gasteiger partial charge < -0.3 is 15.0 Å². The van der Waals surface area contributed by atoms with Crippen LogP contribution < -0.4 is 10.1 Å². The lowest BCUT2D eigenvalue weighted by Gasteiger charge is -2.39. The number of nitrogens with one attached hydrogen (secondary N) is 1. The number of nitrogens with zero attached hydrogens (tertiary/aromatic N) is 3. The number of allylic oxidation sites excluding steroid dienone is 1. The van der Waals surface area contributed by atoms with Gasteiger partial charge in [-0.1, -0.05) is 18.7 Å². The van der Waals surface area contributed by atoms with Gasteiger partial charge in [-0.3, -0.25) is 4.90 Å². The molecule has 6 heteroatoms. The fourth-order valence-corrected chi connectivity index (χ4v) is 3.56. The van der Waals surface area contributed by atoms with Crippen molar-refractivity contribution in [3.8, 4) is 5.75 Å². The largest absolute Gasteiger partial charge is 0.493 e. The van der Waals surface area contributed by atoms with E-state index in [2.05, 4.69) is 51.8 Å². The van der Waals surface area contributed by atoms with E-state index < -0.39 is 5.83 Å². The van der Waals surface area contributed by atoms with Crippen LogP contribution in [-0.2, 0) is 6.42 Å². The summed E-state index contributed by atoms with van der Waals surface area (Å²) in [5, 5.41) is 2.94. The average Bonchev–Trinajstić information content (AvgIpc) is 3.11. The molecule has 0 spiro atoms. The van der Waals surface area contributed by atoms with Crippen molar-refractivity contribution in [1.29, 1.82) is 0 Å². The Morgan fingerprint density at radius 2 is 2.08 bits per heavy atom. The van der Waals surface area contributed by atoms with Crippen molar-refractivity contribution in [2.24, 2.45) is 4.99 Å². The summed E-state index contributed by atoms with van der Waals surface area (Å²) in [5.74, 6) is 1.32. The maximum atomic E-state index is 13.3. The molecule has 1 saturated heterocycles. The first-order valence-electron chi connectivity index (χ1n) is 8.76. The van der Waals surface area contributed by atoms with Crippen LogP contribution in [0.1, 0.15) is 24.1 Å². The third-order valence-corrected chi connectivity index (χ3v) is 5.22. The van der Waals surface area contributed by atoms with E-state index in [0.717, 1.165) is 45.0 Å². The van der Waals surface area contributed by atoms with Crippen LogP contribution in [0.5, 0.6) is 5.75 Å². The maximum absolute atomic E-state index is 13.3. The zero-order valence-corrected chi connectivity index (χ0v) is 14.5. The molecule has 0 amide bonds. The number of hydrogen-bond acceptors (Lipinski definition) is 5. The molecular formula is C19H23FN4O. The van der Waals surface area contributed by atoms with Crippen LogP contribution in [0.4, 0.5) is 4.39 Å². The van der Waals surface area contributed by atoms with Gasteiger partial charge >= 0.3 is 0 Å². The third kappa shape index (κ3) is 3.14. The third-order valence-electron chi connectivity index (χ3n) is 5.22. The predicted molar refractivity (Wildman–Crippen MR) is 96.1 cm³/mol. The van der Waals surface area contributed by atoms with Gasteiger partial charge in [0.15, 0.2) is 5.83 Å². The minimum absolute atomic E-state index is 0.277. The monoisotopic (exact) mass is 342 g/mol. The molecule has 0 aromatic heterocycles. The van der Waals surface area contributed by atoms with Gasteiger partial charge in [0.25, 0.3) is 0 Å². The lowest BCUT2D eigenvalue weighted by atomic mass is 10.0. The summed E-state index contributed by atoms with van der Waals surface area (Å²) in [7, 11) is 0. The number of piperazine rings is 1. The van der Waals surface area contributed by atoms with Crippen molar-refractivity contribution in [1.82, 2.24) is 15.1 Å². The Labute approximate surface area is 147 Å². The molecule has 5 nitrogen and oxygen atoms in total. The molecule has 3 aliphatic heterocycles. The molecule has 1 atom stereocenters. The molecule has 0 bridgehead atoms. The number of guanidine groups is 1. The van der Waals surface area contributed by atoms with Crippen LogP contribution >= 0.6 is 0 Å². The Bertz CT molecular complexity index is 750. The molecule has 132 valence electrons. The molecule has 1 aromatic carbocycles. The first kappa shape index (κ1) is 16.1. The SMILES string of the molecule is C=C1NC(N2CCN(C(C)c3ccc4c(c3)OCC4)CC2)=NC=C1F. The molecule has 1 N–H and O–H groups in total. The predicted octanol–water partition coefficient (Wildman–Crippen LogP) is 2.58. The van der Waals surface area contributed by atoms with Crippen LogP contribution in [0.3, 0.4) is 0 Å². The van der Waals surface area contributed by atoms with Gasteiger partial charge in [0.05, 0.1) is 18.5 Å². The minimum atomic E-state index is -0.408. The summed E-state index contributed by atoms with van der Waals surface area (Å²) in [6.07, 6.45) is 2.24. The van der Waals surface area contributed by atoms with Crippen molar-refractivity contribution in [2.75, 3.05) is 32.8 Å². The quantitative estimate of drug-likeness (QED) is 0.897. The molecule has 1 aromatic rings. The highest BCUT2D eigenvalue weighted by Gasteiger charge is 2.26. The van der Waals surface area contributed by atoms with E-state index in [1.54, 1.807) is 0 Å². The van der Waals surface area contributed by atoms with Crippen molar-refractivity contribution in [3.05, 3.63) is 53.6 Å². The van der Waals surface area contributed by atoms with Gasteiger partial charge in [-0.15, -0.1) is 0 Å². The smallest absolute Gasteiger partial charge is 0.203 e. The Morgan fingerprint density at radius 1 is 1.28 bits per heavy atom. The number of benzene rings is 1. The fourth-order valence-electron chi connectivity index (χ4n) is 3.56. The lowest BCUT2D eigenvalue weighted by Crippen LogP contribution is -2.53. The van der Waals surface area contributed by atoms with Crippen LogP contribution in [0, 0.1) is 0 Å². The maximum Gasteiger partial charge on any atom is 0.203 e. The summed E-state index contributed by atoms with van der Waals surface area (Å²) in [6.45, 7) is 10.3. The highest BCUT2D eigenvalue weighted by Crippen LogP contribution is 2.31. The number of hydrogen-bond donors (Lipinski definition) is 1. The molecule has 4 rings (SSSR count). The number of halogens is 1. The van der Waals surface area contributed by atoms with Crippen molar-refractivity contribution in [3.63, 3.8) is 0 Å². The average molecular weight is 342 g/mol. The number of ether oxygens (including phenoxy) is 1. The number of aliphatic imine (C=N–C) groups is 1. The van der Waals surface area contributed by atoms with E-state index >= 15 is 0 Å². The molecule has 0 aliphatic carbocycles. The standard InChI is InChI=1S/C19H23FN4O/c1-13-17(20)12-21-19(22-13)24-8-6-23(7-9-24)14(2)16-4-3-15-5-10-25-18(15)11-16/h3-4,11-12,14H,1,5-10H2,2H3,(H,21,22).